The van der Waals surface area contributed by atoms with Crippen molar-refractivity contribution < 1.29 is 4.39 Å². The van der Waals surface area contributed by atoms with Crippen molar-refractivity contribution in [3.63, 3.8) is 0 Å². The SMILES string of the molecule is CC(C)c1c(N)ncnc1Sc1ccc(F)cc1. The largest absolute Gasteiger partial charge is 0.383 e. The molecule has 0 saturated carbocycles. The maximum absolute atomic E-state index is 12.8. The molecule has 18 heavy (non-hydrogen) atoms. The summed E-state index contributed by atoms with van der Waals surface area (Å²) in [4.78, 5) is 9.19. The molecule has 0 saturated heterocycles. The molecule has 1 aromatic carbocycles. The molecule has 0 aliphatic carbocycles. The second-order valence-corrected chi connectivity index (χ2v) is 5.25. The Hall–Kier alpha value is -1.62. The van der Waals surface area contributed by atoms with Crippen molar-refractivity contribution in [3.8, 4) is 0 Å². The average molecular weight is 263 g/mol. The summed E-state index contributed by atoms with van der Waals surface area (Å²) in [6, 6.07) is 6.31. The zero-order chi connectivity index (χ0) is 13.1. The predicted octanol–water partition coefficient (Wildman–Crippen LogP) is 3.47. The number of hydrogen-bond acceptors (Lipinski definition) is 4. The molecule has 0 fully saturated rings. The van der Waals surface area contributed by atoms with Crippen molar-refractivity contribution in [3.05, 3.63) is 42.0 Å². The van der Waals surface area contributed by atoms with E-state index in [0.29, 0.717) is 5.82 Å². The molecule has 0 unspecified atom stereocenters. The smallest absolute Gasteiger partial charge is 0.131 e. The second kappa shape index (κ2) is 5.35. The Morgan fingerprint density at radius 2 is 1.83 bits per heavy atom. The maximum Gasteiger partial charge on any atom is 0.131 e. The third-order valence-electron chi connectivity index (χ3n) is 2.48. The fourth-order valence-corrected chi connectivity index (χ4v) is 2.68. The first-order valence-corrected chi connectivity index (χ1v) is 6.43. The van der Waals surface area contributed by atoms with Gasteiger partial charge in [-0.1, -0.05) is 25.6 Å². The highest BCUT2D eigenvalue weighted by molar-refractivity contribution is 7.99. The molecule has 0 atom stereocenters. The zero-order valence-electron chi connectivity index (χ0n) is 10.2. The lowest BCUT2D eigenvalue weighted by Gasteiger charge is -2.12. The van der Waals surface area contributed by atoms with Crippen LogP contribution in [0.15, 0.2) is 40.5 Å². The van der Waals surface area contributed by atoms with Crippen LogP contribution in [0.2, 0.25) is 0 Å². The number of anilines is 1. The Morgan fingerprint density at radius 3 is 2.44 bits per heavy atom. The van der Waals surface area contributed by atoms with Crippen molar-refractivity contribution in [2.75, 3.05) is 5.73 Å². The van der Waals surface area contributed by atoms with Crippen molar-refractivity contribution in [2.45, 2.75) is 29.7 Å². The lowest BCUT2D eigenvalue weighted by atomic mass is 10.1. The van der Waals surface area contributed by atoms with E-state index in [9.17, 15) is 4.39 Å². The number of nitrogen functional groups attached to an aromatic ring is 1. The third-order valence-corrected chi connectivity index (χ3v) is 3.51. The van der Waals surface area contributed by atoms with Crippen LogP contribution in [0.25, 0.3) is 0 Å². The lowest BCUT2D eigenvalue weighted by molar-refractivity contribution is 0.626. The normalized spacial score (nSPS) is 10.9. The predicted molar refractivity (Wildman–Crippen MR) is 71.1 cm³/mol. The topological polar surface area (TPSA) is 51.8 Å². The molecule has 3 nitrogen and oxygen atoms in total. The van der Waals surface area contributed by atoms with Crippen molar-refractivity contribution in [1.82, 2.24) is 9.97 Å². The van der Waals surface area contributed by atoms with Crippen molar-refractivity contribution >= 4 is 17.6 Å². The van der Waals surface area contributed by atoms with Crippen LogP contribution in [0.3, 0.4) is 0 Å². The summed E-state index contributed by atoms with van der Waals surface area (Å²) in [5.41, 5.74) is 6.81. The van der Waals surface area contributed by atoms with Crippen LogP contribution in [0.4, 0.5) is 10.2 Å². The maximum atomic E-state index is 12.8. The van der Waals surface area contributed by atoms with E-state index in [1.165, 1.54) is 30.2 Å². The summed E-state index contributed by atoms with van der Waals surface area (Å²) in [7, 11) is 0. The molecule has 0 aliphatic heterocycles. The molecule has 2 N–H and O–H groups in total. The summed E-state index contributed by atoms with van der Waals surface area (Å²) >= 11 is 1.47. The van der Waals surface area contributed by atoms with Crippen LogP contribution in [-0.4, -0.2) is 9.97 Å². The quantitative estimate of drug-likeness (QED) is 0.861. The van der Waals surface area contributed by atoms with Gasteiger partial charge in [-0.15, -0.1) is 0 Å². The number of halogens is 1. The Balaban J connectivity index is 2.34. The fourth-order valence-electron chi connectivity index (χ4n) is 1.63. The van der Waals surface area contributed by atoms with Gasteiger partial charge < -0.3 is 5.73 Å². The van der Waals surface area contributed by atoms with E-state index < -0.39 is 0 Å². The van der Waals surface area contributed by atoms with Gasteiger partial charge in [-0.3, -0.25) is 0 Å². The number of benzene rings is 1. The average Bonchev–Trinajstić information content (AvgIpc) is 2.32. The van der Waals surface area contributed by atoms with E-state index in [0.717, 1.165) is 15.5 Å². The number of rotatable bonds is 3. The summed E-state index contributed by atoms with van der Waals surface area (Å²) in [5, 5.41) is 0.823. The summed E-state index contributed by atoms with van der Waals surface area (Å²) in [5.74, 6) is 0.504. The molecule has 0 bridgehead atoms. The molecule has 2 aromatic rings. The van der Waals surface area contributed by atoms with E-state index >= 15 is 0 Å². The lowest BCUT2D eigenvalue weighted by Crippen LogP contribution is -2.03. The summed E-state index contributed by atoms with van der Waals surface area (Å²) in [6.45, 7) is 4.09. The molecule has 1 aromatic heterocycles. The first kappa shape index (κ1) is 12.8. The molecule has 0 radical (unpaired) electrons. The summed E-state index contributed by atoms with van der Waals surface area (Å²) in [6.07, 6.45) is 1.45. The van der Waals surface area contributed by atoms with E-state index in [1.54, 1.807) is 12.1 Å². The molecular formula is C13H14FN3S. The highest BCUT2D eigenvalue weighted by Crippen LogP contribution is 2.34. The number of aromatic nitrogens is 2. The molecule has 2 rings (SSSR count). The van der Waals surface area contributed by atoms with Gasteiger partial charge in [-0.2, -0.15) is 0 Å². The van der Waals surface area contributed by atoms with Crippen LogP contribution >= 0.6 is 11.8 Å². The van der Waals surface area contributed by atoms with Gasteiger partial charge in [0, 0.05) is 10.5 Å². The van der Waals surface area contributed by atoms with Gasteiger partial charge in [0.15, 0.2) is 0 Å². The van der Waals surface area contributed by atoms with Crippen molar-refractivity contribution in [1.29, 1.82) is 0 Å². The number of hydrogen-bond donors (Lipinski definition) is 1. The van der Waals surface area contributed by atoms with Crippen molar-refractivity contribution in [2.24, 2.45) is 0 Å². The highest BCUT2D eigenvalue weighted by atomic mass is 32.2. The molecule has 0 spiro atoms. The monoisotopic (exact) mass is 263 g/mol. The van der Waals surface area contributed by atoms with Crippen LogP contribution in [0, 0.1) is 5.82 Å². The highest BCUT2D eigenvalue weighted by Gasteiger charge is 2.13. The van der Waals surface area contributed by atoms with Crippen LogP contribution in [-0.2, 0) is 0 Å². The minimum atomic E-state index is -0.245. The third kappa shape index (κ3) is 2.79. The standard InChI is InChI=1S/C13H14FN3S/c1-8(2)11-12(15)16-7-17-13(11)18-10-5-3-9(14)4-6-10/h3-8H,1-2H3,(H2,15,16,17). The first-order chi connectivity index (χ1) is 8.58. The minimum Gasteiger partial charge on any atom is -0.383 e. The van der Waals surface area contributed by atoms with Gasteiger partial charge >= 0.3 is 0 Å². The molecule has 5 heteroatoms. The number of nitrogens with two attached hydrogens (primary N) is 1. The van der Waals surface area contributed by atoms with E-state index in [-0.39, 0.29) is 11.7 Å². The van der Waals surface area contributed by atoms with Gasteiger partial charge in [0.2, 0.25) is 0 Å². The second-order valence-electron chi connectivity index (χ2n) is 4.19. The number of nitrogens with zero attached hydrogens (tertiary/aromatic N) is 2. The van der Waals surface area contributed by atoms with Crippen LogP contribution < -0.4 is 5.73 Å². The van der Waals surface area contributed by atoms with Crippen LogP contribution in [0.1, 0.15) is 25.3 Å². The molecule has 0 amide bonds. The zero-order valence-corrected chi connectivity index (χ0v) is 11.0. The van der Waals surface area contributed by atoms with E-state index in [2.05, 4.69) is 9.97 Å². The van der Waals surface area contributed by atoms with Gasteiger partial charge in [0.1, 0.15) is 23.0 Å². The fraction of sp³-hybridized carbons (Fsp3) is 0.231. The van der Waals surface area contributed by atoms with Crippen LogP contribution in [0.5, 0.6) is 0 Å². The first-order valence-electron chi connectivity index (χ1n) is 5.61. The van der Waals surface area contributed by atoms with Gasteiger partial charge in [-0.05, 0) is 30.2 Å². The molecular weight excluding hydrogens is 249 g/mol. The van der Waals surface area contributed by atoms with Gasteiger partial charge in [0.25, 0.3) is 0 Å². The van der Waals surface area contributed by atoms with E-state index in [1.807, 2.05) is 13.8 Å². The van der Waals surface area contributed by atoms with Gasteiger partial charge in [-0.25, -0.2) is 14.4 Å². The molecule has 1 heterocycles. The Morgan fingerprint density at radius 1 is 1.17 bits per heavy atom. The minimum absolute atomic E-state index is 0.245. The summed E-state index contributed by atoms with van der Waals surface area (Å²) < 4.78 is 12.8. The molecule has 94 valence electrons. The Kier molecular flexibility index (Phi) is 3.81. The Bertz CT molecular complexity index is 540. The van der Waals surface area contributed by atoms with Gasteiger partial charge in [0.05, 0.1) is 0 Å². The van der Waals surface area contributed by atoms with E-state index in [4.69, 9.17) is 5.73 Å². The molecule has 0 aliphatic rings. The Labute approximate surface area is 110 Å².